The van der Waals surface area contributed by atoms with Crippen molar-refractivity contribution in [2.45, 2.75) is 11.3 Å². The minimum atomic E-state index is -1.29. The number of hydrogen-bond donors (Lipinski definition) is 1. The smallest absolute Gasteiger partial charge is 0.153 e. The third-order valence-corrected chi connectivity index (χ3v) is 3.77. The van der Waals surface area contributed by atoms with E-state index in [1.54, 1.807) is 12.1 Å². The molecule has 2 N–H and O–H groups in total. The molecule has 0 radical (unpaired) electrons. The summed E-state index contributed by atoms with van der Waals surface area (Å²) in [7, 11) is -1.29. The average Bonchev–Trinajstić information content (AvgIpc) is 2.18. The Labute approximate surface area is 93.3 Å². The summed E-state index contributed by atoms with van der Waals surface area (Å²) in [6.07, 6.45) is 0.637. The lowest BCUT2D eigenvalue weighted by atomic mass is 10.3. The van der Waals surface area contributed by atoms with E-state index in [1.165, 1.54) is 6.07 Å². The zero-order valence-electron chi connectivity index (χ0n) is 7.50. The van der Waals surface area contributed by atoms with Gasteiger partial charge < -0.3 is 5.73 Å². The Hall–Kier alpha value is -0.260. The zero-order chi connectivity index (χ0) is 10.6. The van der Waals surface area contributed by atoms with Crippen LogP contribution >= 0.6 is 15.9 Å². The normalized spacial score (nSPS) is 12.8. The largest absolute Gasteiger partial charge is 0.330 e. The van der Waals surface area contributed by atoms with Gasteiger partial charge in [0.2, 0.25) is 0 Å². The van der Waals surface area contributed by atoms with E-state index in [-0.39, 0.29) is 4.90 Å². The summed E-state index contributed by atoms with van der Waals surface area (Å²) in [4.78, 5) is 0.243. The molecule has 1 rings (SSSR count). The highest BCUT2D eigenvalue weighted by atomic mass is 79.9. The third-order valence-electron chi connectivity index (χ3n) is 1.70. The number of benzene rings is 1. The van der Waals surface area contributed by atoms with E-state index in [9.17, 15) is 8.60 Å². The first-order valence-electron chi connectivity index (χ1n) is 4.19. The van der Waals surface area contributed by atoms with E-state index in [0.717, 1.165) is 0 Å². The Balaban J connectivity index is 2.84. The van der Waals surface area contributed by atoms with Gasteiger partial charge in [-0.05, 0) is 41.0 Å². The molecule has 0 bridgehead atoms. The molecule has 0 fully saturated rings. The Morgan fingerprint density at radius 1 is 1.50 bits per heavy atom. The van der Waals surface area contributed by atoms with E-state index in [1.807, 2.05) is 0 Å². The minimum Gasteiger partial charge on any atom is -0.330 e. The first-order valence-corrected chi connectivity index (χ1v) is 6.30. The Morgan fingerprint density at radius 2 is 2.21 bits per heavy atom. The average molecular weight is 280 g/mol. The van der Waals surface area contributed by atoms with Crippen LogP contribution in [-0.4, -0.2) is 16.5 Å². The van der Waals surface area contributed by atoms with E-state index in [0.29, 0.717) is 23.2 Å². The second-order valence-corrected chi connectivity index (χ2v) is 5.14. The predicted octanol–water partition coefficient (Wildman–Crippen LogP) is 2.04. The van der Waals surface area contributed by atoms with Crippen molar-refractivity contribution in [2.75, 3.05) is 12.3 Å². The lowest BCUT2D eigenvalue weighted by molar-refractivity contribution is 0.588. The Morgan fingerprint density at radius 3 is 2.86 bits per heavy atom. The number of nitrogens with two attached hydrogens (primary N) is 1. The van der Waals surface area contributed by atoms with Crippen molar-refractivity contribution < 1.29 is 8.60 Å². The fourth-order valence-corrected chi connectivity index (χ4v) is 2.67. The van der Waals surface area contributed by atoms with Gasteiger partial charge >= 0.3 is 0 Å². The van der Waals surface area contributed by atoms with E-state index in [4.69, 9.17) is 5.73 Å². The molecule has 0 saturated carbocycles. The van der Waals surface area contributed by atoms with Crippen LogP contribution in [0.2, 0.25) is 0 Å². The zero-order valence-corrected chi connectivity index (χ0v) is 9.91. The molecule has 14 heavy (non-hydrogen) atoms. The van der Waals surface area contributed by atoms with Gasteiger partial charge in [-0.1, -0.05) is 6.07 Å². The molecule has 2 nitrogen and oxygen atoms in total. The maximum absolute atomic E-state index is 13.4. The lowest BCUT2D eigenvalue weighted by Gasteiger charge is -2.03. The fraction of sp³-hybridized carbons (Fsp3) is 0.333. The second kappa shape index (κ2) is 5.58. The number of rotatable bonds is 4. The van der Waals surface area contributed by atoms with Crippen molar-refractivity contribution in [1.29, 1.82) is 0 Å². The van der Waals surface area contributed by atoms with Crippen molar-refractivity contribution in [3.05, 3.63) is 28.5 Å². The topological polar surface area (TPSA) is 43.1 Å². The minimum absolute atomic E-state index is 0.243. The third kappa shape index (κ3) is 2.87. The first kappa shape index (κ1) is 11.8. The van der Waals surface area contributed by atoms with E-state index in [2.05, 4.69) is 15.9 Å². The summed E-state index contributed by atoms with van der Waals surface area (Å²) in [5.41, 5.74) is 5.29. The highest BCUT2D eigenvalue weighted by molar-refractivity contribution is 9.10. The summed E-state index contributed by atoms with van der Waals surface area (Å²) < 4.78 is 25.3. The first-order chi connectivity index (χ1) is 6.66. The van der Waals surface area contributed by atoms with Gasteiger partial charge in [-0.15, -0.1) is 0 Å². The monoisotopic (exact) mass is 279 g/mol. The molecular formula is C9H11BrFNOS. The van der Waals surface area contributed by atoms with Crippen LogP contribution in [0.1, 0.15) is 6.42 Å². The number of halogens is 2. The highest BCUT2D eigenvalue weighted by Crippen LogP contribution is 2.21. The predicted molar refractivity (Wildman–Crippen MR) is 59.0 cm³/mol. The molecule has 5 heteroatoms. The summed E-state index contributed by atoms with van der Waals surface area (Å²) in [6, 6.07) is 4.79. The van der Waals surface area contributed by atoms with Gasteiger partial charge in [0.25, 0.3) is 0 Å². The molecule has 0 saturated heterocycles. The van der Waals surface area contributed by atoms with Crippen LogP contribution in [0.4, 0.5) is 4.39 Å². The Bertz CT molecular complexity index is 346. The van der Waals surface area contributed by atoms with Crippen LogP contribution in [0.15, 0.2) is 27.6 Å². The molecule has 0 aliphatic carbocycles. The molecule has 0 amide bonds. The standard InChI is InChI=1S/C9H11BrFNOS/c10-7-3-1-4-8(9(7)11)14(13)6-2-5-12/h1,3-4H,2,5-6,12H2. The van der Waals surface area contributed by atoms with Crippen molar-refractivity contribution in [2.24, 2.45) is 5.73 Å². The molecule has 1 atom stereocenters. The van der Waals surface area contributed by atoms with E-state index >= 15 is 0 Å². The van der Waals surface area contributed by atoms with Crippen molar-refractivity contribution in [3.63, 3.8) is 0 Å². The van der Waals surface area contributed by atoms with Gasteiger partial charge in [0.15, 0.2) is 5.82 Å². The maximum Gasteiger partial charge on any atom is 0.153 e. The number of hydrogen-bond acceptors (Lipinski definition) is 2. The molecule has 0 heterocycles. The quantitative estimate of drug-likeness (QED) is 0.917. The molecule has 1 aromatic carbocycles. The molecule has 0 spiro atoms. The van der Waals surface area contributed by atoms with Crippen molar-refractivity contribution in [3.8, 4) is 0 Å². The highest BCUT2D eigenvalue weighted by Gasteiger charge is 2.11. The SMILES string of the molecule is NCCCS(=O)c1cccc(Br)c1F. The van der Waals surface area contributed by atoms with Crippen LogP contribution in [-0.2, 0) is 10.8 Å². The van der Waals surface area contributed by atoms with Gasteiger partial charge in [0.1, 0.15) is 0 Å². The summed E-state index contributed by atoms with van der Waals surface area (Å²) in [5, 5.41) is 0. The van der Waals surface area contributed by atoms with Gasteiger partial charge in [-0.2, -0.15) is 0 Å². The summed E-state index contributed by atoms with van der Waals surface area (Å²) in [6.45, 7) is 0.474. The van der Waals surface area contributed by atoms with Gasteiger partial charge in [0, 0.05) is 5.75 Å². The van der Waals surface area contributed by atoms with Crippen LogP contribution in [0, 0.1) is 5.82 Å². The molecule has 78 valence electrons. The lowest BCUT2D eigenvalue weighted by Crippen LogP contribution is -2.07. The van der Waals surface area contributed by atoms with Gasteiger partial charge in [-0.25, -0.2) is 4.39 Å². The molecule has 1 aromatic rings. The maximum atomic E-state index is 13.4. The van der Waals surface area contributed by atoms with Crippen molar-refractivity contribution >= 4 is 26.7 Å². The molecule has 0 aliphatic rings. The summed E-state index contributed by atoms with van der Waals surface area (Å²) >= 11 is 3.05. The van der Waals surface area contributed by atoms with E-state index < -0.39 is 16.6 Å². The van der Waals surface area contributed by atoms with Crippen LogP contribution in [0.3, 0.4) is 0 Å². The molecule has 0 aromatic heterocycles. The van der Waals surface area contributed by atoms with Gasteiger partial charge in [-0.3, -0.25) is 4.21 Å². The molecule has 0 aliphatic heterocycles. The molecule has 1 unspecified atom stereocenters. The summed E-state index contributed by atoms with van der Waals surface area (Å²) in [5.74, 6) is -0.0352. The van der Waals surface area contributed by atoms with Gasteiger partial charge in [0.05, 0.1) is 20.2 Å². The van der Waals surface area contributed by atoms with Crippen LogP contribution < -0.4 is 5.73 Å². The molecular weight excluding hydrogens is 269 g/mol. The van der Waals surface area contributed by atoms with Crippen LogP contribution in [0.25, 0.3) is 0 Å². The van der Waals surface area contributed by atoms with Crippen LogP contribution in [0.5, 0.6) is 0 Å². The van der Waals surface area contributed by atoms with Crippen molar-refractivity contribution in [1.82, 2.24) is 0 Å². The second-order valence-electron chi connectivity index (χ2n) is 2.74. The fourth-order valence-electron chi connectivity index (χ4n) is 0.984. The Kier molecular flexibility index (Phi) is 4.71.